The van der Waals surface area contributed by atoms with Crippen LogP contribution in [0.2, 0.25) is 10.0 Å². The Kier molecular flexibility index (Phi) is 8.68. The first-order valence-corrected chi connectivity index (χ1v) is 17.5. The zero-order valence-electron chi connectivity index (χ0n) is 29.0. The highest BCUT2D eigenvalue weighted by Gasteiger charge is 2.37. The molecular weight excluding hydrogens is 673 g/mol. The van der Waals surface area contributed by atoms with Crippen LogP contribution in [-0.4, -0.2) is 49.0 Å². The Bertz CT molecular complexity index is 2330. The lowest BCUT2D eigenvalue weighted by Gasteiger charge is -2.34. The molecule has 50 heavy (non-hydrogen) atoms. The van der Waals surface area contributed by atoms with Gasteiger partial charge in [-0.15, -0.1) is 0 Å². The molecule has 1 aliphatic heterocycles. The number of ether oxygens (including phenoxy) is 1. The van der Waals surface area contributed by atoms with Gasteiger partial charge in [-0.1, -0.05) is 35.3 Å². The molecule has 0 fully saturated rings. The standard InChI is InChI=1S/C39H39Cl2N5O4/c1-21-17-26(18-22(2)36(21)41)50-16-8-9-27-28-12-13-30(40)35(34-24(4)42-43(6)25(34)5)37(28)46-23(3)19-45(39(49)38(27)46)32-11-7-10-31-29(32)14-15-44(31)20-33(47)48/h7,10-15,17-18,23H,8-9,16,19-20H2,1-6H3,(H,47,48)/t23-/m1/s1. The minimum atomic E-state index is -0.927. The fourth-order valence-electron chi connectivity index (χ4n) is 7.66. The maximum atomic E-state index is 14.9. The molecule has 0 aliphatic carbocycles. The van der Waals surface area contributed by atoms with Crippen molar-refractivity contribution in [3.8, 4) is 16.9 Å². The van der Waals surface area contributed by atoms with Crippen molar-refractivity contribution in [3.05, 3.63) is 98.5 Å². The van der Waals surface area contributed by atoms with Gasteiger partial charge in [0.05, 0.1) is 34.0 Å². The summed E-state index contributed by atoms with van der Waals surface area (Å²) < 4.78 is 11.9. The third kappa shape index (κ3) is 5.53. The number of benzene rings is 3. The van der Waals surface area contributed by atoms with Gasteiger partial charge in [0.1, 0.15) is 18.0 Å². The van der Waals surface area contributed by atoms with Crippen LogP contribution in [0.4, 0.5) is 5.69 Å². The lowest BCUT2D eigenvalue weighted by Crippen LogP contribution is -2.42. The highest BCUT2D eigenvalue weighted by molar-refractivity contribution is 6.35. The van der Waals surface area contributed by atoms with Crippen molar-refractivity contribution in [2.45, 2.75) is 60.0 Å². The number of aromatic nitrogens is 4. The van der Waals surface area contributed by atoms with Gasteiger partial charge in [-0.05, 0) is 101 Å². The van der Waals surface area contributed by atoms with E-state index in [1.54, 1.807) is 10.8 Å². The van der Waals surface area contributed by atoms with E-state index < -0.39 is 5.97 Å². The van der Waals surface area contributed by atoms with Crippen LogP contribution in [0.25, 0.3) is 32.9 Å². The summed E-state index contributed by atoms with van der Waals surface area (Å²) in [5.41, 5.74) is 9.65. The van der Waals surface area contributed by atoms with Crippen molar-refractivity contribution < 1.29 is 19.4 Å². The number of nitrogens with zero attached hydrogens (tertiary/aromatic N) is 5. The molecule has 3 aromatic heterocycles. The summed E-state index contributed by atoms with van der Waals surface area (Å²) in [6.45, 7) is 10.8. The van der Waals surface area contributed by atoms with Crippen molar-refractivity contribution in [3.63, 3.8) is 0 Å². The number of halogens is 2. The highest BCUT2D eigenvalue weighted by atomic mass is 35.5. The molecule has 258 valence electrons. The second kappa shape index (κ2) is 12.9. The van der Waals surface area contributed by atoms with Crippen LogP contribution >= 0.6 is 23.2 Å². The summed E-state index contributed by atoms with van der Waals surface area (Å²) in [6, 6.07) is 15.3. The molecule has 6 aromatic rings. The number of aryl methyl sites for hydroxylation is 5. The summed E-state index contributed by atoms with van der Waals surface area (Å²) in [5, 5.41) is 17.3. The van der Waals surface area contributed by atoms with E-state index in [0.29, 0.717) is 36.7 Å². The largest absolute Gasteiger partial charge is 0.494 e. The first-order chi connectivity index (χ1) is 23.9. The SMILES string of the molecule is Cc1cc(OCCCc2c3n(c4c(-c5c(C)nn(C)c5C)c(Cl)ccc24)[C@H](C)CN(c2cccc4c2ccn4CC(=O)O)C3=O)cc(C)c1Cl. The predicted octanol–water partition coefficient (Wildman–Crippen LogP) is 8.85. The zero-order valence-corrected chi connectivity index (χ0v) is 30.5. The Morgan fingerprint density at radius 2 is 1.76 bits per heavy atom. The second-order valence-corrected chi connectivity index (χ2v) is 14.1. The summed E-state index contributed by atoms with van der Waals surface area (Å²) >= 11 is 13.5. The number of amides is 1. The number of fused-ring (bicyclic) bond motifs is 4. The van der Waals surface area contributed by atoms with Crippen LogP contribution in [0.3, 0.4) is 0 Å². The quantitative estimate of drug-likeness (QED) is 0.151. The summed E-state index contributed by atoms with van der Waals surface area (Å²) in [5.74, 6) is -0.272. The average Bonchev–Trinajstić information content (AvgIpc) is 3.71. The summed E-state index contributed by atoms with van der Waals surface area (Å²) in [6.07, 6.45) is 3.03. The van der Waals surface area contributed by atoms with E-state index in [1.165, 1.54) is 0 Å². The zero-order chi connectivity index (χ0) is 35.6. The van der Waals surface area contributed by atoms with Gasteiger partial charge >= 0.3 is 5.97 Å². The van der Waals surface area contributed by atoms with Crippen LogP contribution in [0.1, 0.15) is 58.0 Å². The van der Waals surface area contributed by atoms with Crippen LogP contribution < -0.4 is 9.64 Å². The van der Waals surface area contributed by atoms with Gasteiger partial charge in [-0.25, -0.2) is 0 Å². The van der Waals surface area contributed by atoms with E-state index in [9.17, 15) is 14.7 Å². The van der Waals surface area contributed by atoms with Gasteiger partial charge < -0.3 is 23.9 Å². The van der Waals surface area contributed by atoms with Crippen LogP contribution in [0.5, 0.6) is 5.75 Å². The maximum Gasteiger partial charge on any atom is 0.323 e. The number of carboxylic acid groups (broad SMARTS) is 1. The fourth-order valence-corrected chi connectivity index (χ4v) is 8.02. The Morgan fingerprint density at radius 3 is 2.44 bits per heavy atom. The Balaban J connectivity index is 1.36. The number of aliphatic carboxylic acids is 1. The van der Waals surface area contributed by atoms with Crippen molar-refractivity contribution in [1.29, 1.82) is 0 Å². The molecule has 1 N–H and O–H groups in total. The Labute approximate surface area is 300 Å². The lowest BCUT2D eigenvalue weighted by molar-refractivity contribution is -0.137. The molecule has 0 radical (unpaired) electrons. The van der Waals surface area contributed by atoms with E-state index in [-0.39, 0.29) is 18.5 Å². The lowest BCUT2D eigenvalue weighted by atomic mass is 9.98. The van der Waals surface area contributed by atoms with Crippen molar-refractivity contribution in [2.24, 2.45) is 7.05 Å². The number of hydrogen-bond donors (Lipinski definition) is 1. The van der Waals surface area contributed by atoms with Gasteiger partial charge in [-0.3, -0.25) is 14.3 Å². The molecule has 1 amide bonds. The predicted molar refractivity (Wildman–Crippen MR) is 199 cm³/mol. The molecule has 1 atom stereocenters. The molecule has 0 unspecified atom stereocenters. The number of anilines is 1. The van der Waals surface area contributed by atoms with Crippen LogP contribution in [0, 0.1) is 27.7 Å². The molecule has 3 aromatic carbocycles. The van der Waals surface area contributed by atoms with Gasteiger partial charge in [0.15, 0.2) is 0 Å². The molecule has 4 heterocycles. The molecule has 9 nitrogen and oxygen atoms in total. The van der Waals surface area contributed by atoms with Crippen LogP contribution in [-0.2, 0) is 24.8 Å². The molecular formula is C39H39Cl2N5O4. The molecule has 0 spiro atoms. The highest BCUT2D eigenvalue weighted by Crippen LogP contribution is 2.45. The number of hydrogen-bond acceptors (Lipinski definition) is 4. The number of rotatable bonds is 9. The number of carboxylic acids is 1. The maximum absolute atomic E-state index is 14.9. The van der Waals surface area contributed by atoms with Gasteiger partial charge in [0.25, 0.3) is 5.91 Å². The fraction of sp³-hybridized carbons (Fsp3) is 0.308. The second-order valence-electron chi connectivity index (χ2n) is 13.3. The monoisotopic (exact) mass is 711 g/mol. The molecule has 0 saturated carbocycles. The number of carbonyl (C=O) groups is 2. The van der Waals surface area contributed by atoms with Crippen LogP contribution in [0.15, 0.2) is 54.7 Å². The summed E-state index contributed by atoms with van der Waals surface area (Å²) in [7, 11) is 1.93. The normalized spacial score (nSPS) is 14.6. The first kappa shape index (κ1) is 33.8. The molecule has 0 bridgehead atoms. The van der Waals surface area contributed by atoms with E-state index >= 15 is 0 Å². The topological polar surface area (TPSA) is 94.5 Å². The van der Waals surface area contributed by atoms with E-state index in [2.05, 4.69) is 11.5 Å². The van der Waals surface area contributed by atoms with Crippen molar-refractivity contribution in [1.82, 2.24) is 18.9 Å². The molecule has 0 saturated heterocycles. The van der Waals surface area contributed by atoms with E-state index in [4.69, 9.17) is 33.0 Å². The average molecular weight is 713 g/mol. The first-order valence-electron chi connectivity index (χ1n) is 16.7. The van der Waals surface area contributed by atoms with Crippen molar-refractivity contribution in [2.75, 3.05) is 18.1 Å². The Hall–Kier alpha value is -4.73. The number of carbonyl (C=O) groups excluding carboxylic acids is 1. The van der Waals surface area contributed by atoms with Crippen molar-refractivity contribution >= 4 is 62.6 Å². The molecule has 7 rings (SSSR count). The third-order valence-electron chi connectivity index (χ3n) is 9.95. The van der Waals surface area contributed by atoms with E-state index in [0.717, 1.165) is 77.5 Å². The van der Waals surface area contributed by atoms with Gasteiger partial charge in [0, 0.05) is 58.4 Å². The minimum Gasteiger partial charge on any atom is -0.494 e. The minimum absolute atomic E-state index is 0.110. The van der Waals surface area contributed by atoms with E-state index in [1.807, 2.05) is 92.9 Å². The smallest absolute Gasteiger partial charge is 0.323 e. The molecule has 1 aliphatic rings. The Morgan fingerprint density at radius 1 is 1.02 bits per heavy atom. The molecule has 11 heteroatoms. The summed E-state index contributed by atoms with van der Waals surface area (Å²) in [4.78, 5) is 28.3. The van der Waals surface area contributed by atoms with Gasteiger partial charge in [0.2, 0.25) is 0 Å². The third-order valence-corrected chi connectivity index (χ3v) is 10.9. The van der Waals surface area contributed by atoms with Gasteiger partial charge in [-0.2, -0.15) is 5.10 Å².